The summed E-state index contributed by atoms with van der Waals surface area (Å²) in [6, 6.07) is 0. The lowest BCUT2D eigenvalue weighted by Gasteiger charge is -2.21. The standard InChI is InChI=1S/C85H134O17P2/c1-5-9-13-17-21-25-29-33-37-38-39-40-44-46-50-54-58-62-66-70-83(88)96-76-81(102-85(90)72-68-64-60-56-52-48-43-36-32-28-24-20-16-12-8-4)78-100-104(93,94)98-74-79(86)73-97-103(91,92)99-77-80(101-84(89)71-67-63-59-55-51-47-42-35-31-27-23-19-15-11-7-3)75-95-82(87)69-65-61-57-53-49-45-41-34-30-26-22-18-14-10-6-2/h9-11,13-15,21-28,33-37,39-43,49,51,53,55,61,63,65,67,79-81,86H,5-8,12,16-20,29-32,38,44-48,50,52,54,56-60,62,64,66,68-78H2,1-4H3,(H,91,92)(H,93,94)/b13-9-,14-10-,15-11-,25-21-,26-22-,27-23-,28-24-,37-33-,40-39-,41-34-,42-35-,43-36-,53-49-,55-51-,65-61-,67-63-. The Morgan fingerprint density at radius 2 is 0.548 bits per heavy atom. The first-order valence-electron chi connectivity index (χ1n) is 38.7. The molecule has 19 heteroatoms. The summed E-state index contributed by atoms with van der Waals surface area (Å²) in [6.07, 6.45) is 91.9. The van der Waals surface area contributed by atoms with Gasteiger partial charge in [0, 0.05) is 12.8 Å². The van der Waals surface area contributed by atoms with E-state index < -0.39 is 97.5 Å². The molecule has 17 nitrogen and oxygen atoms in total. The molecule has 0 aromatic heterocycles. The van der Waals surface area contributed by atoms with E-state index in [4.69, 9.17) is 37.0 Å². The molecule has 0 aliphatic heterocycles. The molecule has 586 valence electrons. The summed E-state index contributed by atoms with van der Waals surface area (Å²) in [5, 5.41) is 10.6. The van der Waals surface area contributed by atoms with E-state index in [1.165, 1.54) is 19.3 Å². The van der Waals surface area contributed by atoms with Crippen LogP contribution in [0, 0.1) is 0 Å². The second-order valence-corrected chi connectivity index (χ2v) is 27.7. The van der Waals surface area contributed by atoms with Crippen LogP contribution in [0.4, 0.5) is 0 Å². The van der Waals surface area contributed by atoms with Crippen molar-refractivity contribution < 1.29 is 80.2 Å². The Morgan fingerprint density at radius 3 is 0.894 bits per heavy atom. The monoisotopic (exact) mass is 1490 g/mol. The van der Waals surface area contributed by atoms with E-state index in [0.29, 0.717) is 25.7 Å². The Kier molecular flexibility index (Phi) is 70.7. The Labute approximate surface area is 627 Å². The van der Waals surface area contributed by atoms with Crippen LogP contribution in [-0.2, 0) is 65.4 Å². The summed E-state index contributed by atoms with van der Waals surface area (Å²) in [4.78, 5) is 72.8. The molecule has 0 saturated heterocycles. The van der Waals surface area contributed by atoms with Crippen molar-refractivity contribution in [2.75, 3.05) is 39.6 Å². The van der Waals surface area contributed by atoms with Crippen molar-refractivity contribution in [1.29, 1.82) is 0 Å². The fraction of sp³-hybridized carbons (Fsp3) is 0.576. The molecule has 0 aliphatic carbocycles. The number of esters is 4. The first kappa shape index (κ1) is 97.9. The molecule has 5 atom stereocenters. The molecule has 0 amide bonds. The lowest BCUT2D eigenvalue weighted by atomic mass is 10.1. The Morgan fingerprint density at radius 1 is 0.288 bits per heavy atom. The van der Waals surface area contributed by atoms with E-state index in [9.17, 15) is 43.2 Å². The Bertz CT molecular complexity index is 2740. The molecular weight excluding hydrogens is 1350 g/mol. The summed E-state index contributed by atoms with van der Waals surface area (Å²) in [6.45, 7) is 4.20. The third-order valence-electron chi connectivity index (χ3n) is 15.1. The highest BCUT2D eigenvalue weighted by molar-refractivity contribution is 7.47. The Balaban J connectivity index is 5.53. The molecular formula is C85H134O17P2. The van der Waals surface area contributed by atoms with Crippen LogP contribution >= 0.6 is 15.6 Å². The van der Waals surface area contributed by atoms with Gasteiger partial charge in [0.1, 0.15) is 19.3 Å². The second-order valence-electron chi connectivity index (χ2n) is 24.8. The van der Waals surface area contributed by atoms with Gasteiger partial charge >= 0.3 is 39.5 Å². The molecule has 3 N–H and O–H groups in total. The van der Waals surface area contributed by atoms with Gasteiger partial charge in [0.2, 0.25) is 0 Å². The predicted octanol–water partition coefficient (Wildman–Crippen LogP) is 22.5. The van der Waals surface area contributed by atoms with Crippen LogP contribution < -0.4 is 0 Å². The lowest BCUT2D eigenvalue weighted by molar-refractivity contribution is -0.161. The highest BCUT2D eigenvalue weighted by Gasteiger charge is 2.30. The third kappa shape index (κ3) is 74.2. The van der Waals surface area contributed by atoms with Gasteiger partial charge < -0.3 is 33.8 Å². The van der Waals surface area contributed by atoms with Crippen molar-refractivity contribution in [2.24, 2.45) is 0 Å². The van der Waals surface area contributed by atoms with E-state index in [2.05, 4.69) is 174 Å². The number of ether oxygens (including phenoxy) is 4. The number of phosphoric acid groups is 2. The van der Waals surface area contributed by atoms with E-state index in [0.717, 1.165) is 161 Å². The maximum atomic E-state index is 13.1. The van der Waals surface area contributed by atoms with Crippen molar-refractivity contribution in [1.82, 2.24) is 0 Å². The minimum absolute atomic E-state index is 0.0633. The minimum atomic E-state index is -5.03. The minimum Gasteiger partial charge on any atom is -0.462 e. The maximum absolute atomic E-state index is 13.1. The molecule has 104 heavy (non-hydrogen) atoms. The van der Waals surface area contributed by atoms with Gasteiger partial charge in [-0.2, -0.15) is 0 Å². The van der Waals surface area contributed by atoms with Crippen LogP contribution in [0.1, 0.15) is 259 Å². The molecule has 5 unspecified atom stereocenters. The predicted molar refractivity (Wildman–Crippen MR) is 426 cm³/mol. The molecule has 0 fully saturated rings. The van der Waals surface area contributed by atoms with Gasteiger partial charge in [0.15, 0.2) is 12.2 Å². The lowest BCUT2D eigenvalue weighted by Crippen LogP contribution is -2.30. The molecule has 0 aromatic carbocycles. The summed E-state index contributed by atoms with van der Waals surface area (Å²) in [5.41, 5.74) is 0. The van der Waals surface area contributed by atoms with Crippen LogP contribution in [0.25, 0.3) is 0 Å². The van der Waals surface area contributed by atoms with Crippen LogP contribution in [0.5, 0.6) is 0 Å². The zero-order chi connectivity index (χ0) is 76.0. The van der Waals surface area contributed by atoms with Crippen LogP contribution in [0.15, 0.2) is 194 Å². The zero-order valence-corrected chi connectivity index (χ0v) is 65.6. The number of hydrogen-bond donors (Lipinski definition) is 3. The van der Waals surface area contributed by atoms with Crippen LogP contribution in [0.2, 0.25) is 0 Å². The van der Waals surface area contributed by atoms with Crippen LogP contribution in [0.3, 0.4) is 0 Å². The van der Waals surface area contributed by atoms with Gasteiger partial charge in [0.05, 0.1) is 39.3 Å². The summed E-state index contributed by atoms with van der Waals surface area (Å²) < 4.78 is 68.2. The third-order valence-corrected chi connectivity index (χ3v) is 17.0. The van der Waals surface area contributed by atoms with E-state index in [1.807, 2.05) is 30.4 Å². The zero-order valence-electron chi connectivity index (χ0n) is 63.9. The van der Waals surface area contributed by atoms with E-state index >= 15 is 0 Å². The molecule has 0 radical (unpaired) electrons. The first-order valence-corrected chi connectivity index (χ1v) is 41.7. The second kappa shape index (κ2) is 75.1. The van der Waals surface area contributed by atoms with Gasteiger partial charge in [-0.15, -0.1) is 0 Å². The van der Waals surface area contributed by atoms with Crippen LogP contribution in [-0.4, -0.2) is 96.7 Å². The molecule has 0 aromatic rings. The smallest absolute Gasteiger partial charge is 0.462 e. The number of aliphatic hydroxyl groups is 1. The maximum Gasteiger partial charge on any atom is 0.472 e. The molecule has 0 heterocycles. The Hall–Kier alpha value is -6.10. The average Bonchev–Trinajstić information content (AvgIpc) is 0.912. The topological polar surface area (TPSA) is 237 Å². The largest absolute Gasteiger partial charge is 0.472 e. The quantitative estimate of drug-likeness (QED) is 0.0169. The summed E-state index contributed by atoms with van der Waals surface area (Å²) in [5.74, 6) is -2.53. The summed E-state index contributed by atoms with van der Waals surface area (Å²) >= 11 is 0. The number of carbonyl (C=O) groups is 4. The highest BCUT2D eigenvalue weighted by Crippen LogP contribution is 2.45. The number of unbranched alkanes of at least 4 members (excludes halogenated alkanes) is 14. The van der Waals surface area contributed by atoms with Gasteiger partial charge in [-0.05, 0) is 148 Å². The fourth-order valence-corrected chi connectivity index (χ4v) is 10.9. The molecule has 0 rings (SSSR count). The SMILES string of the molecule is CC/C=C\C/C=C\C/C=C\C/C=C\C/C=C\CC(=O)OCC(COP(=O)(O)OCC(O)COP(=O)(O)OCC(COC(=O)CCCCCCCC/C=C\C/C=C\C/C=C\C/C=C\CC)OC(=O)CCCCCCC/C=C\C/C=C\CCCCC)OC(=O)C/C=C\C/C=C\C/C=C\C/C=C\C/C=C\CC. The van der Waals surface area contributed by atoms with Crippen molar-refractivity contribution in [3.8, 4) is 0 Å². The normalized spacial score (nSPS) is 15.0. The van der Waals surface area contributed by atoms with Crippen molar-refractivity contribution >= 4 is 39.5 Å². The molecule has 0 saturated carbocycles. The van der Waals surface area contributed by atoms with Crippen molar-refractivity contribution in [2.45, 2.75) is 277 Å². The number of rotatable bonds is 70. The van der Waals surface area contributed by atoms with Crippen molar-refractivity contribution in [3.63, 3.8) is 0 Å². The molecule has 0 aliphatic rings. The summed E-state index contributed by atoms with van der Waals surface area (Å²) in [7, 11) is -10.0. The van der Waals surface area contributed by atoms with Gasteiger partial charge in [-0.3, -0.25) is 37.3 Å². The van der Waals surface area contributed by atoms with Gasteiger partial charge in [0.25, 0.3) is 0 Å². The number of allylic oxidation sites excluding steroid dienone is 30. The number of phosphoric ester groups is 2. The highest BCUT2D eigenvalue weighted by atomic mass is 31.2. The number of hydrogen-bond acceptors (Lipinski definition) is 15. The average molecular weight is 1490 g/mol. The molecule has 0 spiro atoms. The fourth-order valence-electron chi connectivity index (χ4n) is 9.33. The number of aliphatic hydroxyl groups excluding tert-OH is 1. The number of carbonyl (C=O) groups excluding carboxylic acids is 4. The first-order chi connectivity index (χ1) is 50.7. The van der Waals surface area contributed by atoms with E-state index in [1.54, 1.807) is 18.2 Å². The van der Waals surface area contributed by atoms with E-state index in [-0.39, 0.29) is 25.7 Å². The molecule has 0 bridgehead atoms. The van der Waals surface area contributed by atoms with Gasteiger partial charge in [-0.1, -0.05) is 280 Å². The van der Waals surface area contributed by atoms with Gasteiger partial charge in [-0.25, -0.2) is 9.13 Å². The van der Waals surface area contributed by atoms with Crippen molar-refractivity contribution in [3.05, 3.63) is 194 Å².